The van der Waals surface area contributed by atoms with Gasteiger partial charge in [-0.2, -0.15) is 13.2 Å². The first-order chi connectivity index (χ1) is 10.8. The van der Waals surface area contributed by atoms with Crippen LogP contribution in [0.25, 0.3) is 0 Å². The SMILES string of the molecule is CC(NC(=O)c1ccnc(SCC(F)(F)F)c1)c1ccccn1. The quantitative estimate of drug-likeness (QED) is 0.844. The molecule has 0 aliphatic carbocycles. The van der Waals surface area contributed by atoms with E-state index in [1.54, 1.807) is 25.3 Å². The molecule has 1 atom stereocenters. The lowest BCUT2D eigenvalue weighted by Crippen LogP contribution is -2.27. The number of alkyl halides is 3. The molecule has 1 unspecified atom stereocenters. The van der Waals surface area contributed by atoms with E-state index in [1.807, 2.05) is 6.07 Å². The van der Waals surface area contributed by atoms with Gasteiger partial charge in [0.2, 0.25) is 0 Å². The number of aromatic nitrogens is 2. The summed E-state index contributed by atoms with van der Waals surface area (Å²) in [6, 6.07) is 7.84. The summed E-state index contributed by atoms with van der Waals surface area (Å²) in [5.41, 5.74) is 0.953. The van der Waals surface area contributed by atoms with E-state index in [1.165, 1.54) is 18.3 Å². The molecule has 8 heteroatoms. The number of halogens is 3. The normalized spacial score (nSPS) is 12.7. The van der Waals surface area contributed by atoms with Crippen LogP contribution >= 0.6 is 11.8 Å². The second-order valence-electron chi connectivity index (χ2n) is 4.74. The summed E-state index contributed by atoms with van der Waals surface area (Å²) in [4.78, 5) is 20.2. The number of thioether (sulfide) groups is 1. The fourth-order valence-corrected chi connectivity index (χ4v) is 2.43. The molecule has 0 radical (unpaired) electrons. The van der Waals surface area contributed by atoms with Crippen molar-refractivity contribution in [1.29, 1.82) is 0 Å². The number of hydrogen-bond acceptors (Lipinski definition) is 4. The molecule has 2 rings (SSSR count). The van der Waals surface area contributed by atoms with Crippen LogP contribution in [0.4, 0.5) is 13.2 Å². The average Bonchev–Trinajstić information content (AvgIpc) is 2.53. The number of amides is 1. The summed E-state index contributed by atoms with van der Waals surface area (Å²) >= 11 is 0.546. The van der Waals surface area contributed by atoms with Crippen LogP contribution in [0.1, 0.15) is 29.0 Å². The van der Waals surface area contributed by atoms with E-state index < -0.39 is 11.9 Å². The molecular formula is C15H14F3N3OS. The van der Waals surface area contributed by atoms with Crippen molar-refractivity contribution in [2.45, 2.75) is 24.2 Å². The third-order valence-electron chi connectivity index (χ3n) is 2.86. The molecule has 0 aromatic carbocycles. The summed E-state index contributed by atoms with van der Waals surface area (Å²) in [7, 11) is 0. The zero-order valence-corrected chi connectivity index (χ0v) is 13.0. The van der Waals surface area contributed by atoms with Crippen LogP contribution in [0.3, 0.4) is 0 Å². The Morgan fingerprint density at radius 3 is 2.70 bits per heavy atom. The lowest BCUT2D eigenvalue weighted by molar-refractivity contribution is -0.105. The number of pyridine rings is 2. The molecule has 0 saturated heterocycles. The highest BCUT2D eigenvalue weighted by molar-refractivity contribution is 7.99. The molecular weight excluding hydrogens is 327 g/mol. The summed E-state index contributed by atoms with van der Waals surface area (Å²) in [5.74, 6) is -1.44. The molecule has 0 saturated carbocycles. The lowest BCUT2D eigenvalue weighted by Gasteiger charge is -2.13. The van der Waals surface area contributed by atoms with Crippen LogP contribution in [0.15, 0.2) is 47.8 Å². The largest absolute Gasteiger partial charge is 0.398 e. The number of rotatable bonds is 5. The molecule has 1 N–H and O–H groups in total. The van der Waals surface area contributed by atoms with E-state index >= 15 is 0 Å². The van der Waals surface area contributed by atoms with Crippen molar-refractivity contribution in [3.63, 3.8) is 0 Å². The third kappa shape index (κ3) is 5.55. The van der Waals surface area contributed by atoms with Crippen molar-refractivity contribution in [3.8, 4) is 0 Å². The van der Waals surface area contributed by atoms with Crippen molar-refractivity contribution in [2.75, 3.05) is 5.75 Å². The van der Waals surface area contributed by atoms with Gasteiger partial charge in [0.1, 0.15) is 0 Å². The minimum Gasteiger partial charge on any atom is -0.344 e. The first-order valence-corrected chi connectivity index (χ1v) is 7.71. The number of carbonyl (C=O) groups excluding carboxylic acids is 1. The molecule has 0 fully saturated rings. The second kappa shape index (κ2) is 7.45. The first kappa shape index (κ1) is 17.3. The minimum atomic E-state index is -4.28. The molecule has 23 heavy (non-hydrogen) atoms. The second-order valence-corrected chi connectivity index (χ2v) is 5.73. The summed E-state index contributed by atoms with van der Waals surface area (Å²) in [5, 5.41) is 2.90. The Morgan fingerprint density at radius 1 is 1.26 bits per heavy atom. The van der Waals surface area contributed by atoms with Gasteiger partial charge < -0.3 is 5.32 Å². The van der Waals surface area contributed by atoms with E-state index in [0.717, 1.165) is 0 Å². The van der Waals surface area contributed by atoms with Crippen LogP contribution in [0.5, 0.6) is 0 Å². The van der Waals surface area contributed by atoms with E-state index in [2.05, 4.69) is 15.3 Å². The van der Waals surface area contributed by atoms with Gasteiger partial charge in [-0.25, -0.2) is 4.98 Å². The summed E-state index contributed by atoms with van der Waals surface area (Å²) in [6.45, 7) is 1.78. The highest BCUT2D eigenvalue weighted by atomic mass is 32.2. The maximum Gasteiger partial charge on any atom is 0.398 e. The van der Waals surface area contributed by atoms with Crippen LogP contribution < -0.4 is 5.32 Å². The molecule has 1 amide bonds. The maximum absolute atomic E-state index is 12.2. The molecule has 0 aliphatic rings. The Balaban J connectivity index is 2.02. The predicted octanol–water partition coefficient (Wildman–Crippen LogP) is 3.62. The zero-order chi connectivity index (χ0) is 16.9. The van der Waals surface area contributed by atoms with E-state index in [4.69, 9.17) is 0 Å². The Morgan fingerprint density at radius 2 is 2.04 bits per heavy atom. The molecule has 0 spiro atoms. The average molecular weight is 341 g/mol. The zero-order valence-electron chi connectivity index (χ0n) is 12.2. The first-order valence-electron chi connectivity index (χ1n) is 6.72. The summed E-state index contributed by atoms with van der Waals surface area (Å²) < 4.78 is 36.7. The van der Waals surface area contributed by atoms with Crippen LogP contribution in [-0.2, 0) is 0 Å². The van der Waals surface area contributed by atoms with Gasteiger partial charge in [-0.1, -0.05) is 17.8 Å². The monoisotopic (exact) mass is 341 g/mol. The Bertz CT molecular complexity index is 665. The fraction of sp³-hybridized carbons (Fsp3) is 0.267. The molecule has 4 nitrogen and oxygen atoms in total. The van der Waals surface area contributed by atoms with Crippen LogP contribution in [0, 0.1) is 0 Å². The topological polar surface area (TPSA) is 54.9 Å². The third-order valence-corrected chi connectivity index (χ3v) is 3.85. The molecule has 0 aliphatic heterocycles. The lowest BCUT2D eigenvalue weighted by atomic mass is 10.2. The molecule has 2 aromatic heterocycles. The number of carbonyl (C=O) groups is 1. The van der Waals surface area contributed by atoms with Crippen molar-refractivity contribution < 1.29 is 18.0 Å². The van der Waals surface area contributed by atoms with Crippen molar-refractivity contribution in [3.05, 3.63) is 54.0 Å². The van der Waals surface area contributed by atoms with Gasteiger partial charge in [0, 0.05) is 18.0 Å². The van der Waals surface area contributed by atoms with Gasteiger partial charge in [0.05, 0.1) is 22.5 Å². The predicted molar refractivity (Wildman–Crippen MR) is 81.1 cm³/mol. The smallest absolute Gasteiger partial charge is 0.344 e. The van der Waals surface area contributed by atoms with Gasteiger partial charge in [0.25, 0.3) is 5.91 Å². The highest BCUT2D eigenvalue weighted by Crippen LogP contribution is 2.26. The molecule has 2 heterocycles. The molecule has 2 aromatic rings. The maximum atomic E-state index is 12.2. The van der Waals surface area contributed by atoms with Crippen LogP contribution in [-0.4, -0.2) is 27.8 Å². The van der Waals surface area contributed by atoms with Gasteiger partial charge in [0.15, 0.2) is 0 Å². The van der Waals surface area contributed by atoms with Crippen molar-refractivity contribution >= 4 is 17.7 Å². The minimum absolute atomic E-state index is 0.153. The number of nitrogens with one attached hydrogen (secondary N) is 1. The Labute approximate surface area is 135 Å². The molecule has 0 bridgehead atoms. The Kier molecular flexibility index (Phi) is 5.59. The fourth-order valence-electron chi connectivity index (χ4n) is 1.77. The van der Waals surface area contributed by atoms with Gasteiger partial charge in [-0.3, -0.25) is 9.78 Å². The molecule has 122 valence electrons. The van der Waals surface area contributed by atoms with E-state index in [0.29, 0.717) is 17.5 Å². The van der Waals surface area contributed by atoms with Gasteiger partial charge >= 0.3 is 6.18 Å². The van der Waals surface area contributed by atoms with Gasteiger partial charge in [-0.15, -0.1) is 0 Å². The van der Waals surface area contributed by atoms with E-state index in [9.17, 15) is 18.0 Å². The van der Waals surface area contributed by atoms with Crippen molar-refractivity contribution in [2.24, 2.45) is 0 Å². The van der Waals surface area contributed by atoms with Crippen molar-refractivity contribution in [1.82, 2.24) is 15.3 Å². The highest BCUT2D eigenvalue weighted by Gasteiger charge is 2.27. The van der Waals surface area contributed by atoms with E-state index in [-0.39, 0.29) is 22.5 Å². The Hall–Kier alpha value is -2.09. The van der Waals surface area contributed by atoms with Gasteiger partial charge in [-0.05, 0) is 31.2 Å². The number of nitrogens with zero attached hydrogens (tertiary/aromatic N) is 2. The van der Waals surface area contributed by atoms with Crippen LogP contribution in [0.2, 0.25) is 0 Å². The number of hydrogen-bond donors (Lipinski definition) is 1. The standard InChI is InChI=1S/C15H14F3N3OS/c1-10(12-4-2-3-6-19-12)21-14(22)11-5-7-20-13(8-11)23-9-15(16,17)18/h2-8,10H,9H2,1H3,(H,21,22). The summed E-state index contributed by atoms with van der Waals surface area (Å²) in [6.07, 6.45) is -1.34.